The molecule has 1 aliphatic carbocycles. The van der Waals surface area contributed by atoms with E-state index in [1.165, 1.54) is 12.1 Å². The normalized spacial score (nSPS) is 23.9. The fraction of sp³-hybridized carbons (Fsp3) is 0.500. The number of hydrogen-bond donors (Lipinski definition) is 2. The van der Waals surface area contributed by atoms with Crippen molar-refractivity contribution < 1.29 is 9.13 Å². The van der Waals surface area contributed by atoms with E-state index in [-0.39, 0.29) is 5.02 Å². The SMILES string of the molecule is COC1CCC(Nc2cc(Cl)c(F)cc2N)C1. The highest BCUT2D eigenvalue weighted by Crippen LogP contribution is 2.30. The summed E-state index contributed by atoms with van der Waals surface area (Å²) in [4.78, 5) is 0. The highest BCUT2D eigenvalue weighted by Gasteiger charge is 2.24. The molecule has 0 radical (unpaired) electrons. The van der Waals surface area contributed by atoms with E-state index in [4.69, 9.17) is 22.1 Å². The van der Waals surface area contributed by atoms with Gasteiger partial charge in [-0.3, -0.25) is 0 Å². The summed E-state index contributed by atoms with van der Waals surface area (Å²) in [5.74, 6) is -0.490. The van der Waals surface area contributed by atoms with Gasteiger partial charge in [0.15, 0.2) is 0 Å². The van der Waals surface area contributed by atoms with Crippen LogP contribution < -0.4 is 11.1 Å². The molecule has 0 saturated heterocycles. The molecule has 0 heterocycles. The average Bonchev–Trinajstić information content (AvgIpc) is 2.73. The number of hydrogen-bond acceptors (Lipinski definition) is 3. The molecule has 94 valence electrons. The Kier molecular flexibility index (Phi) is 3.74. The van der Waals surface area contributed by atoms with E-state index >= 15 is 0 Å². The molecule has 0 aliphatic heterocycles. The molecule has 1 aliphatic rings. The van der Waals surface area contributed by atoms with Gasteiger partial charge >= 0.3 is 0 Å². The molecule has 2 unspecified atom stereocenters. The molecule has 2 atom stereocenters. The molecular formula is C12H16ClFN2O. The molecule has 3 nitrogen and oxygen atoms in total. The maximum absolute atomic E-state index is 13.1. The second-order valence-corrected chi connectivity index (χ2v) is 4.77. The van der Waals surface area contributed by atoms with Crippen LogP contribution in [0, 0.1) is 5.82 Å². The second-order valence-electron chi connectivity index (χ2n) is 4.37. The van der Waals surface area contributed by atoms with Gasteiger partial charge in [-0.2, -0.15) is 0 Å². The molecule has 1 fully saturated rings. The van der Waals surface area contributed by atoms with Gasteiger partial charge < -0.3 is 15.8 Å². The Hall–Kier alpha value is -1.00. The highest BCUT2D eigenvalue weighted by atomic mass is 35.5. The van der Waals surface area contributed by atoms with Crippen LogP contribution in [0.3, 0.4) is 0 Å². The number of anilines is 2. The molecule has 1 aromatic carbocycles. The number of ether oxygens (including phenoxy) is 1. The Bertz CT molecular complexity index is 414. The van der Waals surface area contributed by atoms with Crippen molar-refractivity contribution in [3.63, 3.8) is 0 Å². The van der Waals surface area contributed by atoms with Gasteiger partial charge in [-0.05, 0) is 25.3 Å². The summed E-state index contributed by atoms with van der Waals surface area (Å²) in [6.07, 6.45) is 3.28. The van der Waals surface area contributed by atoms with E-state index in [1.54, 1.807) is 7.11 Å². The molecule has 17 heavy (non-hydrogen) atoms. The van der Waals surface area contributed by atoms with Gasteiger partial charge in [0.25, 0.3) is 0 Å². The molecule has 2 rings (SSSR count). The molecule has 5 heteroatoms. The van der Waals surface area contributed by atoms with Gasteiger partial charge in [-0.1, -0.05) is 11.6 Å². The maximum Gasteiger partial charge on any atom is 0.143 e. The van der Waals surface area contributed by atoms with Crippen LogP contribution in [-0.4, -0.2) is 19.3 Å². The van der Waals surface area contributed by atoms with E-state index < -0.39 is 5.82 Å². The first-order valence-corrected chi connectivity index (χ1v) is 6.01. The molecule has 3 N–H and O–H groups in total. The Labute approximate surface area is 105 Å². The van der Waals surface area contributed by atoms with Crippen molar-refractivity contribution in [2.24, 2.45) is 0 Å². The van der Waals surface area contributed by atoms with Crippen LogP contribution in [0.2, 0.25) is 5.02 Å². The van der Waals surface area contributed by atoms with Crippen molar-refractivity contribution in [3.8, 4) is 0 Å². The molecule has 0 spiro atoms. The summed E-state index contributed by atoms with van der Waals surface area (Å²) in [6, 6.07) is 3.09. The zero-order valence-electron chi connectivity index (χ0n) is 9.67. The number of benzene rings is 1. The van der Waals surface area contributed by atoms with Crippen LogP contribution in [0.25, 0.3) is 0 Å². The van der Waals surface area contributed by atoms with E-state index in [0.717, 1.165) is 19.3 Å². The molecule has 1 aromatic rings. The Balaban J connectivity index is 2.06. The van der Waals surface area contributed by atoms with E-state index in [9.17, 15) is 4.39 Å². The standard InChI is InChI=1S/C12H16ClFN2O/c1-17-8-3-2-7(4-8)16-12-5-9(13)10(14)6-11(12)15/h5-8,16H,2-4,15H2,1H3. The van der Waals surface area contributed by atoms with E-state index in [0.29, 0.717) is 23.5 Å². The van der Waals surface area contributed by atoms with Crippen molar-refractivity contribution in [1.29, 1.82) is 0 Å². The third-order valence-electron chi connectivity index (χ3n) is 3.17. The predicted molar refractivity (Wildman–Crippen MR) is 67.9 cm³/mol. The number of nitrogens with two attached hydrogens (primary N) is 1. The van der Waals surface area contributed by atoms with E-state index in [2.05, 4.69) is 5.32 Å². The fourth-order valence-corrected chi connectivity index (χ4v) is 2.36. The van der Waals surface area contributed by atoms with Gasteiger partial charge in [0.1, 0.15) is 5.82 Å². The first-order valence-electron chi connectivity index (χ1n) is 5.64. The van der Waals surface area contributed by atoms with Gasteiger partial charge in [0.2, 0.25) is 0 Å². The topological polar surface area (TPSA) is 47.3 Å². The van der Waals surface area contributed by atoms with Crippen LogP contribution in [0.4, 0.5) is 15.8 Å². The molecule has 0 bridgehead atoms. The lowest BCUT2D eigenvalue weighted by atomic mass is 10.2. The van der Waals surface area contributed by atoms with Crippen LogP contribution in [0.1, 0.15) is 19.3 Å². The van der Waals surface area contributed by atoms with Crippen molar-refractivity contribution in [2.75, 3.05) is 18.2 Å². The van der Waals surface area contributed by atoms with Crippen LogP contribution in [0.15, 0.2) is 12.1 Å². The van der Waals surface area contributed by atoms with Crippen molar-refractivity contribution in [2.45, 2.75) is 31.4 Å². The summed E-state index contributed by atoms with van der Waals surface area (Å²) in [5, 5.41) is 3.37. The number of methoxy groups -OCH3 is 1. The van der Waals surface area contributed by atoms with Crippen molar-refractivity contribution in [3.05, 3.63) is 23.0 Å². The van der Waals surface area contributed by atoms with Gasteiger partial charge in [-0.15, -0.1) is 0 Å². The molecule has 0 amide bonds. The minimum atomic E-state index is -0.490. The zero-order valence-corrected chi connectivity index (χ0v) is 10.4. The summed E-state index contributed by atoms with van der Waals surface area (Å²) in [6.45, 7) is 0. The van der Waals surface area contributed by atoms with Crippen LogP contribution >= 0.6 is 11.6 Å². The van der Waals surface area contributed by atoms with Crippen LogP contribution in [-0.2, 0) is 4.74 Å². The second kappa shape index (κ2) is 5.10. The summed E-state index contributed by atoms with van der Waals surface area (Å²) in [5.41, 5.74) is 6.82. The van der Waals surface area contributed by atoms with Gasteiger partial charge in [0, 0.05) is 19.2 Å². The lowest BCUT2D eigenvalue weighted by Crippen LogP contribution is -2.18. The maximum atomic E-state index is 13.1. The largest absolute Gasteiger partial charge is 0.397 e. The van der Waals surface area contributed by atoms with Crippen molar-refractivity contribution >= 4 is 23.0 Å². The average molecular weight is 259 g/mol. The van der Waals surface area contributed by atoms with Crippen molar-refractivity contribution in [1.82, 2.24) is 0 Å². The number of rotatable bonds is 3. The predicted octanol–water partition coefficient (Wildman–Crippen LogP) is 3.04. The van der Waals surface area contributed by atoms with Gasteiger partial charge in [0.05, 0.1) is 22.5 Å². The summed E-state index contributed by atoms with van der Waals surface area (Å²) >= 11 is 5.73. The Morgan fingerprint density at radius 2 is 2.24 bits per heavy atom. The quantitative estimate of drug-likeness (QED) is 0.820. The lowest BCUT2D eigenvalue weighted by molar-refractivity contribution is 0.108. The third-order valence-corrected chi connectivity index (χ3v) is 3.46. The summed E-state index contributed by atoms with van der Waals surface area (Å²) in [7, 11) is 1.72. The smallest absolute Gasteiger partial charge is 0.143 e. The third kappa shape index (κ3) is 2.82. The number of nitrogens with one attached hydrogen (secondary N) is 1. The molecule has 1 saturated carbocycles. The fourth-order valence-electron chi connectivity index (χ4n) is 2.19. The first kappa shape index (κ1) is 12.5. The minimum Gasteiger partial charge on any atom is -0.397 e. The van der Waals surface area contributed by atoms with Gasteiger partial charge in [-0.25, -0.2) is 4.39 Å². The van der Waals surface area contributed by atoms with Crippen LogP contribution in [0.5, 0.6) is 0 Å². The number of halogens is 2. The molecule has 0 aromatic heterocycles. The number of nitrogen functional groups attached to an aromatic ring is 1. The zero-order chi connectivity index (χ0) is 12.4. The molecular weight excluding hydrogens is 243 g/mol. The lowest BCUT2D eigenvalue weighted by Gasteiger charge is -2.16. The minimum absolute atomic E-state index is 0.0861. The highest BCUT2D eigenvalue weighted by molar-refractivity contribution is 6.31. The summed E-state index contributed by atoms with van der Waals surface area (Å²) < 4.78 is 18.4. The monoisotopic (exact) mass is 258 g/mol. The first-order chi connectivity index (χ1) is 8.10. The van der Waals surface area contributed by atoms with E-state index in [1.807, 2.05) is 0 Å². The Morgan fingerprint density at radius 1 is 1.47 bits per heavy atom. The Morgan fingerprint density at radius 3 is 2.88 bits per heavy atom.